The lowest BCUT2D eigenvalue weighted by atomic mass is 9.98. The average Bonchev–Trinajstić information content (AvgIpc) is 2.45. The largest absolute Gasteiger partial charge is 0.480 e. The summed E-state index contributed by atoms with van der Waals surface area (Å²) < 4.78 is 32.2. The number of hydrogen-bond acceptors (Lipinski definition) is 3. The summed E-state index contributed by atoms with van der Waals surface area (Å²) in [6, 6.07) is 1.93. The Morgan fingerprint density at radius 3 is 2.50 bits per heavy atom. The molecule has 0 heterocycles. The number of ether oxygens (including phenoxy) is 1. The van der Waals surface area contributed by atoms with Crippen molar-refractivity contribution >= 4 is 11.9 Å². The van der Waals surface area contributed by atoms with E-state index in [1.807, 2.05) is 0 Å². The minimum Gasteiger partial charge on any atom is -0.480 e. The van der Waals surface area contributed by atoms with E-state index < -0.39 is 41.0 Å². The number of carbonyl (C=O) groups is 2. The monoisotopic (exact) mass is 313 g/mol. The number of nitrogens with one attached hydrogen (secondary N) is 1. The zero-order chi connectivity index (χ0) is 16.7. The first-order chi connectivity index (χ1) is 10.4. The molecule has 7 heteroatoms. The topological polar surface area (TPSA) is 75.6 Å². The second-order valence-electron chi connectivity index (χ2n) is 4.58. The highest BCUT2D eigenvalue weighted by Crippen LogP contribution is 2.22. The molecule has 0 spiro atoms. The van der Waals surface area contributed by atoms with Gasteiger partial charge >= 0.3 is 5.97 Å². The number of rotatable bonds is 8. The molecule has 0 bridgehead atoms. The third-order valence-electron chi connectivity index (χ3n) is 2.96. The van der Waals surface area contributed by atoms with E-state index in [4.69, 9.17) is 9.84 Å². The van der Waals surface area contributed by atoms with E-state index in [1.165, 1.54) is 19.1 Å². The molecule has 2 unspecified atom stereocenters. The molecule has 0 saturated carbocycles. The number of benzene rings is 1. The molecule has 0 fully saturated rings. The normalized spacial score (nSPS) is 13.2. The van der Waals surface area contributed by atoms with Crippen molar-refractivity contribution in [2.45, 2.75) is 18.9 Å². The molecule has 1 aromatic carbocycles. The van der Waals surface area contributed by atoms with E-state index in [9.17, 15) is 18.4 Å². The molecule has 2 N–H and O–H groups in total. The number of halogens is 2. The fraction of sp³-hybridized carbons (Fsp3) is 0.333. The molecule has 5 nitrogen and oxygen atoms in total. The summed E-state index contributed by atoms with van der Waals surface area (Å²) in [5.74, 6) is -5.02. The highest BCUT2D eigenvalue weighted by atomic mass is 19.1. The van der Waals surface area contributed by atoms with Crippen LogP contribution in [-0.2, 0) is 14.3 Å². The van der Waals surface area contributed by atoms with Crippen molar-refractivity contribution in [3.63, 3.8) is 0 Å². The van der Waals surface area contributed by atoms with Gasteiger partial charge < -0.3 is 15.2 Å². The van der Waals surface area contributed by atoms with E-state index >= 15 is 0 Å². The predicted molar refractivity (Wildman–Crippen MR) is 75.4 cm³/mol. The van der Waals surface area contributed by atoms with Crippen molar-refractivity contribution in [3.05, 3.63) is 48.1 Å². The third kappa shape index (κ3) is 4.63. The van der Waals surface area contributed by atoms with Gasteiger partial charge in [0.05, 0.1) is 19.1 Å². The maximum absolute atomic E-state index is 13.6. The maximum Gasteiger partial charge on any atom is 0.328 e. The van der Waals surface area contributed by atoms with Gasteiger partial charge in [-0.05, 0) is 19.1 Å². The molecule has 0 aliphatic rings. The molecule has 1 rings (SSSR count). The van der Waals surface area contributed by atoms with Crippen molar-refractivity contribution in [1.82, 2.24) is 5.32 Å². The number of carboxylic acids is 1. The number of aliphatic carboxylic acids is 1. The van der Waals surface area contributed by atoms with Crippen molar-refractivity contribution in [1.29, 1.82) is 0 Å². The summed E-state index contributed by atoms with van der Waals surface area (Å²) in [5.41, 5.74) is -0.406. The van der Waals surface area contributed by atoms with Crippen LogP contribution in [0.1, 0.15) is 18.4 Å². The lowest BCUT2D eigenvalue weighted by Gasteiger charge is -2.18. The lowest BCUT2D eigenvalue weighted by Crippen LogP contribution is -2.45. The molecular formula is C15H17F2NO4. The van der Waals surface area contributed by atoms with Crippen LogP contribution in [0.5, 0.6) is 0 Å². The van der Waals surface area contributed by atoms with Crippen LogP contribution in [0.4, 0.5) is 8.78 Å². The van der Waals surface area contributed by atoms with Crippen LogP contribution < -0.4 is 5.32 Å². The molecule has 1 aromatic rings. The Morgan fingerprint density at radius 1 is 1.41 bits per heavy atom. The fourth-order valence-corrected chi connectivity index (χ4v) is 1.80. The quantitative estimate of drug-likeness (QED) is 0.567. The molecule has 2 atom stereocenters. The Bertz CT molecular complexity index is 542. The Kier molecular flexibility index (Phi) is 6.65. The first-order valence-electron chi connectivity index (χ1n) is 6.54. The molecule has 22 heavy (non-hydrogen) atoms. The summed E-state index contributed by atoms with van der Waals surface area (Å²) in [4.78, 5) is 23.1. The summed E-state index contributed by atoms with van der Waals surface area (Å²) in [6.45, 7) is 4.54. The van der Waals surface area contributed by atoms with Gasteiger partial charge in [0.25, 0.3) is 0 Å². The summed E-state index contributed by atoms with van der Waals surface area (Å²) in [7, 11) is 0. The number of carboxylic acid groups (broad SMARTS) is 1. The van der Waals surface area contributed by atoms with Gasteiger partial charge in [-0.25, -0.2) is 13.6 Å². The van der Waals surface area contributed by atoms with Crippen LogP contribution >= 0.6 is 0 Å². The van der Waals surface area contributed by atoms with Crippen LogP contribution in [0.2, 0.25) is 0 Å². The minimum absolute atomic E-state index is 0.122. The predicted octanol–water partition coefficient (Wildman–Crippen LogP) is 1.84. The minimum atomic E-state index is -1.32. The van der Waals surface area contributed by atoms with E-state index in [-0.39, 0.29) is 13.2 Å². The van der Waals surface area contributed by atoms with Gasteiger partial charge in [-0.3, -0.25) is 4.79 Å². The summed E-state index contributed by atoms with van der Waals surface area (Å²) >= 11 is 0. The molecular weight excluding hydrogens is 296 g/mol. The van der Waals surface area contributed by atoms with E-state index in [1.54, 1.807) is 0 Å². The first-order valence-corrected chi connectivity index (χ1v) is 6.54. The van der Waals surface area contributed by atoms with Crippen molar-refractivity contribution in [3.8, 4) is 0 Å². The SMILES string of the molecule is C=CCOCC(NC(=O)C(C)c1c(F)cccc1F)C(=O)O. The maximum atomic E-state index is 13.6. The van der Waals surface area contributed by atoms with Crippen molar-refractivity contribution in [2.75, 3.05) is 13.2 Å². The van der Waals surface area contributed by atoms with Gasteiger partial charge in [-0.15, -0.1) is 6.58 Å². The molecule has 0 aromatic heterocycles. The second-order valence-corrected chi connectivity index (χ2v) is 4.58. The smallest absolute Gasteiger partial charge is 0.328 e. The van der Waals surface area contributed by atoms with Crippen LogP contribution in [0.3, 0.4) is 0 Å². The molecule has 0 aliphatic heterocycles. The highest BCUT2D eigenvalue weighted by molar-refractivity contribution is 5.88. The number of carbonyl (C=O) groups excluding carboxylic acids is 1. The second kappa shape index (κ2) is 8.23. The van der Waals surface area contributed by atoms with Gasteiger partial charge in [0, 0.05) is 5.56 Å². The Labute approximate surface area is 126 Å². The first kappa shape index (κ1) is 17.8. The molecule has 0 saturated heterocycles. The Hall–Kier alpha value is -2.28. The number of amides is 1. The van der Waals surface area contributed by atoms with Gasteiger partial charge in [0.2, 0.25) is 5.91 Å². The molecule has 120 valence electrons. The van der Waals surface area contributed by atoms with Gasteiger partial charge in [0.15, 0.2) is 6.04 Å². The Balaban J connectivity index is 2.81. The van der Waals surface area contributed by atoms with Gasteiger partial charge in [-0.1, -0.05) is 12.1 Å². The fourth-order valence-electron chi connectivity index (χ4n) is 1.80. The standard InChI is InChI=1S/C15H17F2NO4/c1-3-7-22-8-12(15(20)21)18-14(19)9(2)13-10(16)5-4-6-11(13)17/h3-6,9,12H,1,7-8H2,2H3,(H,18,19)(H,20,21). The Morgan fingerprint density at radius 2 is 2.00 bits per heavy atom. The van der Waals surface area contributed by atoms with Crippen LogP contribution in [0.25, 0.3) is 0 Å². The van der Waals surface area contributed by atoms with Gasteiger partial charge in [0.1, 0.15) is 11.6 Å². The van der Waals surface area contributed by atoms with E-state index in [2.05, 4.69) is 11.9 Å². The van der Waals surface area contributed by atoms with Crippen molar-refractivity contribution < 1.29 is 28.2 Å². The average molecular weight is 313 g/mol. The van der Waals surface area contributed by atoms with Gasteiger partial charge in [-0.2, -0.15) is 0 Å². The van der Waals surface area contributed by atoms with E-state index in [0.717, 1.165) is 12.1 Å². The third-order valence-corrected chi connectivity index (χ3v) is 2.96. The zero-order valence-corrected chi connectivity index (χ0v) is 12.0. The van der Waals surface area contributed by atoms with Crippen molar-refractivity contribution in [2.24, 2.45) is 0 Å². The number of hydrogen-bond donors (Lipinski definition) is 2. The molecule has 1 amide bonds. The summed E-state index contributed by atoms with van der Waals surface area (Å²) in [5, 5.41) is 11.2. The highest BCUT2D eigenvalue weighted by Gasteiger charge is 2.27. The summed E-state index contributed by atoms with van der Waals surface area (Å²) in [6.07, 6.45) is 1.43. The molecule has 0 aliphatic carbocycles. The van der Waals surface area contributed by atoms with E-state index in [0.29, 0.717) is 0 Å². The van der Waals surface area contributed by atoms with Crippen LogP contribution in [0, 0.1) is 11.6 Å². The molecule has 0 radical (unpaired) electrons. The lowest BCUT2D eigenvalue weighted by molar-refractivity contribution is -0.143. The van der Waals surface area contributed by atoms with Crippen LogP contribution in [0.15, 0.2) is 30.9 Å². The zero-order valence-electron chi connectivity index (χ0n) is 12.0. The van der Waals surface area contributed by atoms with Crippen LogP contribution in [-0.4, -0.2) is 36.2 Å².